The van der Waals surface area contributed by atoms with Crippen LogP contribution < -0.4 is 14.8 Å². The first kappa shape index (κ1) is 20.0. The van der Waals surface area contributed by atoms with E-state index in [1.807, 2.05) is 6.92 Å². The zero-order valence-corrected chi connectivity index (χ0v) is 17.1. The molecule has 1 heterocycles. The summed E-state index contributed by atoms with van der Waals surface area (Å²) in [5.41, 5.74) is 1.91. The topological polar surface area (TPSA) is 65.4 Å². The number of carbonyl (C=O) groups is 1. The molecule has 1 N–H and O–H groups in total. The van der Waals surface area contributed by atoms with Crippen molar-refractivity contribution in [2.24, 2.45) is 0 Å². The molecule has 146 valence electrons. The van der Waals surface area contributed by atoms with E-state index in [9.17, 15) is 4.79 Å². The van der Waals surface area contributed by atoms with Gasteiger partial charge in [-0.2, -0.15) is 5.10 Å². The summed E-state index contributed by atoms with van der Waals surface area (Å²) in [4.78, 5) is 12.8. The second-order valence-electron chi connectivity index (χ2n) is 6.02. The van der Waals surface area contributed by atoms with Gasteiger partial charge >= 0.3 is 0 Å². The van der Waals surface area contributed by atoms with E-state index >= 15 is 0 Å². The number of ether oxygens (including phenoxy) is 2. The van der Waals surface area contributed by atoms with Crippen LogP contribution >= 0.6 is 23.2 Å². The number of hydrogen-bond donors (Lipinski definition) is 1. The lowest BCUT2D eigenvalue weighted by atomic mass is 10.1. The van der Waals surface area contributed by atoms with Crippen LogP contribution in [0.25, 0.3) is 0 Å². The number of benzene rings is 2. The average Bonchev–Trinajstić information content (AvgIpc) is 3.02. The maximum atomic E-state index is 12.8. The Hall–Kier alpha value is -2.70. The van der Waals surface area contributed by atoms with E-state index in [0.717, 1.165) is 11.3 Å². The highest BCUT2D eigenvalue weighted by Crippen LogP contribution is 2.29. The molecule has 0 spiro atoms. The maximum Gasteiger partial charge on any atom is 0.264 e. The molecule has 0 atom stereocenters. The lowest BCUT2D eigenvalue weighted by Crippen LogP contribution is -2.15. The molecule has 0 aliphatic heterocycles. The molecule has 0 aliphatic carbocycles. The van der Waals surface area contributed by atoms with E-state index in [4.69, 9.17) is 32.7 Å². The van der Waals surface area contributed by atoms with Crippen LogP contribution in [-0.2, 0) is 6.54 Å². The monoisotopic (exact) mass is 419 g/mol. The molecule has 0 saturated carbocycles. The Morgan fingerprint density at radius 1 is 1.07 bits per heavy atom. The lowest BCUT2D eigenvalue weighted by Gasteiger charge is -2.12. The van der Waals surface area contributed by atoms with Gasteiger partial charge in [0.05, 0.1) is 20.8 Å². The van der Waals surface area contributed by atoms with Crippen LogP contribution in [0.3, 0.4) is 0 Å². The van der Waals surface area contributed by atoms with Gasteiger partial charge in [0.1, 0.15) is 17.1 Å². The first-order chi connectivity index (χ1) is 13.4. The summed E-state index contributed by atoms with van der Waals surface area (Å²) >= 11 is 12.5. The van der Waals surface area contributed by atoms with Crippen LogP contribution in [-0.4, -0.2) is 29.9 Å². The van der Waals surface area contributed by atoms with Crippen molar-refractivity contribution in [2.45, 2.75) is 13.5 Å². The molecule has 0 saturated heterocycles. The fourth-order valence-electron chi connectivity index (χ4n) is 2.82. The molecule has 1 amide bonds. The number of hydrogen-bond acceptors (Lipinski definition) is 4. The zero-order valence-electron chi connectivity index (χ0n) is 15.6. The third kappa shape index (κ3) is 4.08. The Morgan fingerprint density at radius 3 is 2.21 bits per heavy atom. The van der Waals surface area contributed by atoms with Crippen molar-refractivity contribution in [1.29, 1.82) is 0 Å². The van der Waals surface area contributed by atoms with E-state index in [-0.39, 0.29) is 5.91 Å². The van der Waals surface area contributed by atoms with E-state index < -0.39 is 0 Å². The van der Waals surface area contributed by atoms with E-state index in [1.54, 1.807) is 47.1 Å². The molecule has 0 bridgehead atoms. The number of nitrogens with one attached hydrogen (secondary N) is 1. The molecule has 0 fully saturated rings. The molecule has 3 aromatic rings. The highest BCUT2D eigenvalue weighted by Gasteiger charge is 2.20. The van der Waals surface area contributed by atoms with Gasteiger partial charge < -0.3 is 14.8 Å². The maximum absolute atomic E-state index is 12.8. The van der Waals surface area contributed by atoms with Crippen molar-refractivity contribution in [3.63, 3.8) is 0 Å². The average molecular weight is 420 g/mol. The van der Waals surface area contributed by atoms with Crippen LogP contribution in [0.5, 0.6) is 11.5 Å². The van der Waals surface area contributed by atoms with Crippen molar-refractivity contribution >= 4 is 34.9 Å². The number of amides is 1. The number of aromatic nitrogens is 2. The fraction of sp³-hybridized carbons (Fsp3) is 0.200. The Kier molecular flexibility index (Phi) is 6.11. The number of methoxy groups -OCH3 is 2. The molecular formula is C20H19Cl2N3O3. The van der Waals surface area contributed by atoms with Gasteiger partial charge in [0.2, 0.25) is 0 Å². The van der Waals surface area contributed by atoms with Crippen LogP contribution in [0, 0.1) is 6.92 Å². The Morgan fingerprint density at radius 2 is 1.64 bits per heavy atom. The number of nitrogens with zero attached hydrogens (tertiary/aromatic N) is 2. The first-order valence-corrected chi connectivity index (χ1v) is 9.20. The van der Waals surface area contributed by atoms with Crippen molar-refractivity contribution in [1.82, 2.24) is 9.78 Å². The minimum atomic E-state index is -0.380. The molecule has 2 aromatic carbocycles. The third-order valence-electron chi connectivity index (χ3n) is 4.25. The normalized spacial score (nSPS) is 10.6. The van der Waals surface area contributed by atoms with E-state index in [2.05, 4.69) is 10.4 Å². The fourth-order valence-corrected chi connectivity index (χ4v) is 3.34. The highest BCUT2D eigenvalue weighted by molar-refractivity contribution is 6.36. The van der Waals surface area contributed by atoms with Gasteiger partial charge in [-0.3, -0.25) is 9.48 Å². The Balaban J connectivity index is 1.86. The Labute approximate surface area is 173 Å². The van der Waals surface area contributed by atoms with Crippen LogP contribution in [0.15, 0.2) is 42.5 Å². The number of halogens is 2. The van der Waals surface area contributed by atoms with Crippen molar-refractivity contribution < 1.29 is 14.3 Å². The van der Waals surface area contributed by atoms with Gasteiger partial charge in [0, 0.05) is 27.4 Å². The number of rotatable bonds is 6. The van der Waals surface area contributed by atoms with E-state index in [1.165, 1.54) is 14.2 Å². The molecule has 6 nitrogen and oxygen atoms in total. The van der Waals surface area contributed by atoms with Crippen molar-refractivity contribution in [3.8, 4) is 11.5 Å². The zero-order chi connectivity index (χ0) is 20.3. The minimum Gasteiger partial charge on any atom is -0.496 e. The molecule has 28 heavy (non-hydrogen) atoms. The van der Waals surface area contributed by atoms with Crippen molar-refractivity contribution in [3.05, 3.63) is 69.3 Å². The summed E-state index contributed by atoms with van der Waals surface area (Å²) in [6.45, 7) is 2.27. The van der Waals surface area contributed by atoms with Crippen LogP contribution in [0.4, 0.5) is 5.82 Å². The first-order valence-electron chi connectivity index (χ1n) is 8.44. The molecular weight excluding hydrogens is 401 g/mol. The van der Waals surface area contributed by atoms with Crippen molar-refractivity contribution in [2.75, 3.05) is 19.5 Å². The second-order valence-corrected chi connectivity index (χ2v) is 6.83. The van der Waals surface area contributed by atoms with Gasteiger partial charge in [-0.1, -0.05) is 35.3 Å². The third-order valence-corrected chi connectivity index (χ3v) is 4.96. The molecule has 0 aliphatic rings. The summed E-state index contributed by atoms with van der Waals surface area (Å²) in [6.07, 6.45) is 0. The number of anilines is 1. The summed E-state index contributed by atoms with van der Waals surface area (Å²) in [5, 5.41) is 8.36. The predicted molar refractivity (Wildman–Crippen MR) is 110 cm³/mol. The summed E-state index contributed by atoms with van der Waals surface area (Å²) in [7, 11) is 3.00. The highest BCUT2D eigenvalue weighted by atomic mass is 35.5. The molecule has 1 aromatic heterocycles. The number of aryl methyl sites for hydroxylation is 1. The van der Waals surface area contributed by atoms with Gasteiger partial charge in [-0.15, -0.1) is 0 Å². The molecule has 3 rings (SSSR count). The second kappa shape index (κ2) is 8.54. The van der Waals surface area contributed by atoms with Gasteiger partial charge in [-0.25, -0.2) is 0 Å². The largest absolute Gasteiger partial charge is 0.496 e. The van der Waals surface area contributed by atoms with E-state index in [0.29, 0.717) is 39.5 Å². The van der Waals surface area contributed by atoms with Gasteiger partial charge in [0.15, 0.2) is 5.82 Å². The minimum absolute atomic E-state index is 0.300. The van der Waals surface area contributed by atoms with Gasteiger partial charge in [0.25, 0.3) is 5.91 Å². The van der Waals surface area contributed by atoms with Crippen LogP contribution in [0.1, 0.15) is 21.6 Å². The molecule has 0 unspecified atom stereocenters. The quantitative estimate of drug-likeness (QED) is 0.621. The molecule has 0 radical (unpaired) electrons. The lowest BCUT2D eigenvalue weighted by molar-refractivity contribution is 0.102. The Bertz CT molecular complexity index is 975. The summed E-state index contributed by atoms with van der Waals surface area (Å²) < 4.78 is 12.3. The molecule has 8 heteroatoms. The standard InChI is InChI=1S/C20H19Cl2N3O3/c1-12-10-18(24-25(12)11-13-14(21)6-4-7-15(13)22)23-20(26)19-16(27-2)8-5-9-17(19)28-3/h4-10H,11H2,1-3H3,(H,23,24,26). The smallest absolute Gasteiger partial charge is 0.264 e. The van der Waals surface area contributed by atoms with Gasteiger partial charge in [-0.05, 0) is 31.2 Å². The summed E-state index contributed by atoms with van der Waals surface area (Å²) in [6, 6.07) is 12.2. The number of carbonyl (C=O) groups excluding carboxylic acids is 1. The predicted octanol–water partition coefficient (Wildman–Crippen LogP) is 4.82. The van der Waals surface area contributed by atoms with Crippen LogP contribution in [0.2, 0.25) is 10.0 Å². The SMILES string of the molecule is COc1cccc(OC)c1C(=O)Nc1cc(C)n(Cc2c(Cl)cccc2Cl)n1. The summed E-state index contributed by atoms with van der Waals surface area (Å²) in [5.74, 6) is 0.847.